The Balaban J connectivity index is 1.34. The van der Waals surface area contributed by atoms with Crippen molar-refractivity contribution < 1.29 is 24.1 Å². The van der Waals surface area contributed by atoms with E-state index < -0.39 is 6.09 Å². The lowest BCUT2D eigenvalue weighted by Crippen LogP contribution is -2.45. The summed E-state index contributed by atoms with van der Waals surface area (Å²) in [6, 6.07) is 7.84. The van der Waals surface area contributed by atoms with Crippen LogP contribution in [0.5, 0.6) is 11.6 Å². The number of ether oxygens (including phenoxy) is 3. The summed E-state index contributed by atoms with van der Waals surface area (Å²) in [7, 11) is 1.58. The van der Waals surface area contributed by atoms with Gasteiger partial charge in [0.05, 0.1) is 53.8 Å². The van der Waals surface area contributed by atoms with Crippen LogP contribution in [0.3, 0.4) is 0 Å². The van der Waals surface area contributed by atoms with E-state index in [1.807, 2.05) is 25.1 Å². The quantitative estimate of drug-likeness (QED) is 0.440. The molecule has 0 spiro atoms. The zero-order valence-electron chi connectivity index (χ0n) is 19.4. The second kappa shape index (κ2) is 8.62. The molecule has 180 valence electrons. The SMILES string of the molecule is COc1cnc2c(-c3nc4ccc5c(c4s3)CC(CN(C(=O)O)C3CCOC3)O5)cc(C)cc2n1. The zero-order chi connectivity index (χ0) is 24.1. The largest absolute Gasteiger partial charge is 0.488 e. The van der Waals surface area contributed by atoms with Gasteiger partial charge in [0.15, 0.2) is 0 Å². The molecule has 1 saturated heterocycles. The average molecular weight is 493 g/mol. The third-order valence-electron chi connectivity index (χ3n) is 6.54. The third kappa shape index (κ3) is 3.92. The monoisotopic (exact) mass is 492 g/mol. The molecule has 6 rings (SSSR count). The Labute approximate surface area is 205 Å². The Morgan fingerprint density at radius 2 is 2.17 bits per heavy atom. The van der Waals surface area contributed by atoms with E-state index >= 15 is 0 Å². The summed E-state index contributed by atoms with van der Waals surface area (Å²) >= 11 is 1.60. The van der Waals surface area contributed by atoms with Crippen LogP contribution < -0.4 is 9.47 Å². The predicted octanol–water partition coefficient (Wildman–Crippen LogP) is 4.30. The Hall–Kier alpha value is -3.50. The Morgan fingerprint density at radius 3 is 2.94 bits per heavy atom. The molecule has 35 heavy (non-hydrogen) atoms. The number of benzene rings is 2. The van der Waals surface area contributed by atoms with Gasteiger partial charge in [-0.25, -0.2) is 19.7 Å². The highest BCUT2D eigenvalue weighted by Crippen LogP contribution is 2.42. The standard InChI is InChI=1S/C25H24N4O5S/c1-13-7-17(22-19(8-13)27-21(32-2)10-26-22)24-28-18-3-4-20-16(23(18)35-24)9-15(34-20)11-29(25(30)31)14-5-6-33-12-14/h3-4,7-8,10,14-15H,5-6,9,11-12H2,1-2H3,(H,30,31). The molecule has 2 aromatic heterocycles. The number of methoxy groups -OCH3 is 1. The van der Waals surface area contributed by atoms with Gasteiger partial charge in [-0.15, -0.1) is 11.3 Å². The summed E-state index contributed by atoms with van der Waals surface area (Å²) in [5, 5.41) is 10.6. The van der Waals surface area contributed by atoms with Gasteiger partial charge in [0.25, 0.3) is 0 Å². The molecule has 9 nitrogen and oxygen atoms in total. The van der Waals surface area contributed by atoms with Crippen LogP contribution in [0.25, 0.3) is 31.8 Å². The van der Waals surface area contributed by atoms with Crippen LogP contribution in [0.15, 0.2) is 30.5 Å². The summed E-state index contributed by atoms with van der Waals surface area (Å²) in [6.45, 7) is 3.37. The lowest BCUT2D eigenvalue weighted by molar-refractivity contribution is 0.0859. The summed E-state index contributed by atoms with van der Waals surface area (Å²) < 4.78 is 17.9. The number of amides is 1. The molecule has 2 aromatic carbocycles. The van der Waals surface area contributed by atoms with E-state index in [2.05, 4.69) is 16.0 Å². The highest BCUT2D eigenvalue weighted by molar-refractivity contribution is 7.22. The number of rotatable bonds is 5. The van der Waals surface area contributed by atoms with E-state index in [0.717, 1.165) is 48.7 Å². The average Bonchev–Trinajstić information content (AvgIpc) is 3.60. The molecule has 2 atom stereocenters. The van der Waals surface area contributed by atoms with Crippen molar-refractivity contribution in [3.8, 4) is 22.2 Å². The van der Waals surface area contributed by atoms with Crippen molar-refractivity contribution in [3.05, 3.63) is 41.6 Å². The fourth-order valence-corrected chi connectivity index (χ4v) is 6.01. The summed E-state index contributed by atoms with van der Waals surface area (Å²) in [4.78, 5) is 27.4. The Bertz CT molecular complexity index is 1450. The van der Waals surface area contributed by atoms with Crippen LogP contribution in [-0.2, 0) is 11.2 Å². The summed E-state index contributed by atoms with van der Waals surface area (Å²) in [6.07, 6.45) is 1.80. The molecular weight excluding hydrogens is 468 g/mol. The molecule has 4 heterocycles. The number of thiazole rings is 1. The van der Waals surface area contributed by atoms with E-state index in [-0.39, 0.29) is 12.1 Å². The van der Waals surface area contributed by atoms with Crippen molar-refractivity contribution in [1.29, 1.82) is 0 Å². The number of aryl methyl sites for hydroxylation is 1. The van der Waals surface area contributed by atoms with Gasteiger partial charge in [0.1, 0.15) is 16.9 Å². The molecule has 4 aromatic rings. The predicted molar refractivity (Wildman–Crippen MR) is 132 cm³/mol. The maximum Gasteiger partial charge on any atom is 0.407 e. The van der Waals surface area contributed by atoms with Gasteiger partial charge < -0.3 is 19.3 Å². The summed E-state index contributed by atoms with van der Waals surface area (Å²) in [5.41, 5.74) is 5.50. The van der Waals surface area contributed by atoms with E-state index in [0.29, 0.717) is 38.5 Å². The molecule has 10 heteroatoms. The van der Waals surface area contributed by atoms with Gasteiger partial charge in [-0.2, -0.15) is 0 Å². The molecule has 2 aliphatic heterocycles. The number of hydrogen-bond acceptors (Lipinski definition) is 8. The van der Waals surface area contributed by atoms with Crippen molar-refractivity contribution in [2.45, 2.75) is 31.9 Å². The van der Waals surface area contributed by atoms with Crippen molar-refractivity contribution in [2.24, 2.45) is 0 Å². The van der Waals surface area contributed by atoms with Crippen LogP contribution in [0.4, 0.5) is 4.79 Å². The molecule has 1 fully saturated rings. The minimum atomic E-state index is -0.936. The third-order valence-corrected chi connectivity index (χ3v) is 7.71. The molecule has 2 unspecified atom stereocenters. The Morgan fingerprint density at radius 1 is 1.29 bits per heavy atom. The molecule has 1 amide bonds. The minimum Gasteiger partial charge on any atom is -0.488 e. The maximum absolute atomic E-state index is 11.9. The summed E-state index contributed by atoms with van der Waals surface area (Å²) in [5.74, 6) is 1.27. The van der Waals surface area contributed by atoms with Crippen molar-refractivity contribution >= 4 is 38.7 Å². The highest BCUT2D eigenvalue weighted by Gasteiger charge is 2.34. The van der Waals surface area contributed by atoms with Gasteiger partial charge in [0.2, 0.25) is 5.88 Å². The van der Waals surface area contributed by atoms with E-state index in [4.69, 9.17) is 19.2 Å². The van der Waals surface area contributed by atoms with Gasteiger partial charge >= 0.3 is 6.09 Å². The number of fused-ring (bicyclic) bond motifs is 4. The molecule has 0 bridgehead atoms. The van der Waals surface area contributed by atoms with Crippen LogP contribution in [0, 0.1) is 6.92 Å². The highest BCUT2D eigenvalue weighted by atomic mass is 32.1. The smallest absolute Gasteiger partial charge is 0.407 e. The molecular formula is C25H24N4O5S. The van der Waals surface area contributed by atoms with Crippen LogP contribution >= 0.6 is 11.3 Å². The fourth-order valence-electron chi connectivity index (χ4n) is 4.88. The second-order valence-electron chi connectivity index (χ2n) is 8.90. The van der Waals surface area contributed by atoms with Crippen molar-refractivity contribution in [2.75, 3.05) is 26.9 Å². The van der Waals surface area contributed by atoms with Gasteiger partial charge in [-0.3, -0.25) is 4.90 Å². The van der Waals surface area contributed by atoms with Crippen LogP contribution in [0.1, 0.15) is 17.5 Å². The normalized spacial score (nSPS) is 19.1. The van der Waals surface area contributed by atoms with Crippen LogP contribution in [0.2, 0.25) is 0 Å². The lowest BCUT2D eigenvalue weighted by Gasteiger charge is -2.27. The number of carboxylic acid groups (broad SMARTS) is 1. The first kappa shape index (κ1) is 22.0. The van der Waals surface area contributed by atoms with Gasteiger partial charge in [0, 0.05) is 24.2 Å². The molecule has 0 aliphatic carbocycles. The number of carbonyl (C=O) groups is 1. The molecule has 2 aliphatic rings. The number of hydrogen-bond donors (Lipinski definition) is 1. The van der Waals surface area contributed by atoms with Gasteiger partial charge in [-0.05, 0) is 43.2 Å². The lowest BCUT2D eigenvalue weighted by atomic mass is 10.1. The Kier molecular flexibility index (Phi) is 5.42. The first-order valence-electron chi connectivity index (χ1n) is 11.5. The first-order chi connectivity index (χ1) is 17.0. The van der Waals surface area contributed by atoms with E-state index in [1.165, 1.54) is 4.90 Å². The minimum absolute atomic E-state index is 0.121. The van der Waals surface area contributed by atoms with Crippen molar-refractivity contribution in [1.82, 2.24) is 19.9 Å². The molecule has 0 radical (unpaired) electrons. The topological polar surface area (TPSA) is 107 Å². The molecule has 0 saturated carbocycles. The van der Waals surface area contributed by atoms with Gasteiger partial charge in [-0.1, -0.05) is 0 Å². The maximum atomic E-state index is 11.9. The fraction of sp³-hybridized carbons (Fsp3) is 0.360. The van der Waals surface area contributed by atoms with E-state index in [1.54, 1.807) is 24.6 Å². The van der Waals surface area contributed by atoms with E-state index in [9.17, 15) is 9.90 Å². The van der Waals surface area contributed by atoms with Crippen LogP contribution in [-0.4, -0.2) is 70.1 Å². The number of aromatic nitrogens is 3. The first-order valence-corrected chi connectivity index (χ1v) is 12.3. The van der Waals surface area contributed by atoms with Crippen molar-refractivity contribution in [3.63, 3.8) is 0 Å². The second-order valence-corrected chi connectivity index (χ2v) is 9.90. The zero-order valence-corrected chi connectivity index (χ0v) is 20.2. The number of nitrogens with zero attached hydrogens (tertiary/aromatic N) is 4. The molecule has 1 N–H and O–H groups in total.